The summed E-state index contributed by atoms with van der Waals surface area (Å²) in [6, 6.07) is 11.0. The Hall–Kier alpha value is -2.86. The molecule has 0 aliphatic heterocycles. The molecule has 0 N–H and O–H groups in total. The molecule has 0 atom stereocenters. The Bertz CT molecular complexity index is 973. The molecule has 3 aromatic rings. The lowest BCUT2D eigenvalue weighted by atomic mass is 10.1. The maximum Gasteiger partial charge on any atom is 0.202 e. The van der Waals surface area contributed by atoms with Crippen molar-refractivity contribution in [2.45, 2.75) is 26.8 Å². The summed E-state index contributed by atoms with van der Waals surface area (Å²) in [5.41, 5.74) is 3.12. The van der Waals surface area contributed by atoms with Gasteiger partial charge in [-0.15, -0.1) is 11.3 Å². The number of rotatable bonds is 9. The number of hydrogen-bond donors (Lipinski definition) is 0. The average molecular weight is 397 g/mol. The molecule has 0 saturated carbocycles. The molecule has 0 aliphatic rings. The Balaban J connectivity index is 1.71. The molecule has 0 bridgehead atoms. The van der Waals surface area contributed by atoms with Gasteiger partial charge in [-0.1, -0.05) is 6.07 Å². The smallest absolute Gasteiger partial charge is 0.202 e. The van der Waals surface area contributed by atoms with E-state index >= 15 is 0 Å². The van der Waals surface area contributed by atoms with E-state index in [0.717, 1.165) is 30.6 Å². The second kappa shape index (κ2) is 8.89. The highest BCUT2D eigenvalue weighted by Crippen LogP contribution is 2.28. The van der Waals surface area contributed by atoms with Crippen molar-refractivity contribution in [3.8, 4) is 11.5 Å². The van der Waals surface area contributed by atoms with Crippen LogP contribution in [0.3, 0.4) is 0 Å². The van der Waals surface area contributed by atoms with Gasteiger partial charge in [-0.05, 0) is 56.0 Å². The number of benzene rings is 1. The van der Waals surface area contributed by atoms with Gasteiger partial charge in [0.1, 0.15) is 6.29 Å². The Morgan fingerprint density at radius 1 is 1.18 bits per heavy atom. The quantitative estimate of drug-likeness (QED) is 0.394. The van der Waals surface area contributed by atoms with Gasteiger partial charge in [0, 0.05) is 33.9 Å². The number of hydrogen-bond acceptors (Lipinski definition) is 5. The van der Waals surface area contributed by atoms with E-state index in [1.54, 1.807) is 29.5 Å². The molecule has 5 nitrogen and oxygen atoms in total. The SMILES string of the molecule is COc1ccc(C=O)cc1OCC(=O)c1cc(C)n(CCc2cccs2)c1C. The number of aromatic nitrogens is 1. The summed E-state index contributed by atoms with van der Waals surface area (Å²) in [6.45, 7) is 4.69. The Kier molecular flexibility index (Phi) is 6.31. The third-order valence-electron chi connectivity index (χ3n) is 4.72. The molecule has 0 unspecified atom stereocenters. The Morgan fingerprint density at radius 3 is 2.68 bits per heavy atom. The molecule has 0 fully saturated rings. The molecule has 0 amide bonds. The van der Waals surface area contributed by atoms with E-state index < -0.39 is 0 Å². The number of Topliss-reactive ketones (excluding diaryl/α,β-unsaturated/α-hetero) is 1. The summed E-state index contributed by atoms with van der Waals surface area (Å²) >= 11 is 1.74. The molecule has 6 heteroatoms. The number of carbonyl (C=O) groups excluding carboxylic acids is 2. The molecular weight excluding hydrogens is 374 g/mol. The van der Waals surface area contributed by atoms with E-state index in [9.17, 15) is 9.59 Å². The van der Waals surface area contributed by atoms with Gasteiger partial charge < -0.3 is 14.0 Å². The van der Waals surface area contributed by atoms with E-state index in [0.29, 0.717) is 22.6 Å². The average Bonchev–Trinajstić information content (AvgIpc) is 3.32. The van der Waals surface area contributed by atoms with Crippen LogP contribution in [0.25, 0.3) is 0 Å². The topological polar surface area (TPSA) is 57.5 Å². The van der Waals surface area contributed by atoms with Gasteiger partial charge in [-0.2, -0.15) is 0 Å². The monoisotopic (exact) mass is 397 g/mol. The zero-order valence-corrected chi connectivity index (χ0v) is 17.0. The van der Waals surface area contributed by atoms with Crippen molar-refractivity contribution >= 4 is 23.4 Å². The lowest BCUT2D eigenvalue weighted by molar-refractivity contribution is 0.0918. The number of ketones is 1. The van der Waals surface area contributed by atoms with E-state index in [2.05, 4.69) is 22.1 Å². The van der Waals surface area contributed by atoms with Gasteiger partial charge in [0.25, 0.3) is 0 Å². The first-order valence-electron chi connectivity index (χ1n) is 9.01. The van der Waals surface area contributed by atoms with Gasteiger partial charge >= 0.3 is 0 Å². The molecule has 0 saturated heterocycles. The van der Waals surface area contributed by atoms with Gasteiger partial charge in [0.2, 0.25) is 5.78 Å². The number of thiophene rings is 1. The highest BCUT2D eigenvalue weighted by atomic mass is 32.1. The molecule has 0 radical (unpaired) electrons. The summed E-state index contributed by atoms with van der Waals surface area (Å²) in [5, 5.41) is 2.07. The largest absolute Gasteiger partial charge is 0.493 e. The molecule has 2 heterocycles. The molecule has 0 aliphatic carbocycles. The minimum Gasteiger partial charge on any atom is -0.493 e. The predicted octanol–water partition coefficient (Wildman–Crippen LogP) is 4.49. The first-order valence-corrected chi connectivity index (χ1v) is 9.89. The number of methoxy groups -OCH3 is 1. The zero-order chi connectivity index (χ0) is 20.1. The molecule has 146 valence electrons. The predicted molar refractivity (Wildman–Crippen MR) is 110 cm³/mol. The standard InChI is InChI=1S/C22H23NO4S/c1-15-11-19(16(2)23(15)9-8-18-5-4-10-28-18)20(25)14-27-22-12-17(13-24)6-7-21(22)26-3/h4-7,10-13H,8-9,14H2,1-3H3. The van der Waals surface area contributed by atoms with Crippen LogP contribution in [-0.2, 0) is 13.0 Å². The van der Waals surface area contributed by atoms with Gasteiger partial charge in [0.15, 0.2) is 18.1 Å². The van der Waals surface area contributed by atoms with Crippen LogP contribution in [0.2, 0.25) is 0 Å². The van der Waals surface area contributed by atoms with Gasteiger partial charge in [-0.25, -0.2) is 0 Å². The fraction of sp³-hybridized carbons (Fsp3) is 0.273. The molecule has 2 aromatic heterocycles. The number of ether oxygens (including phenoxy) is 2. The summed E-state index contributed by atoms with van der Waals surface area (Å²) < 4.78 is 13.1. The third kappa shape index (κ3) is 4.34. The highest BCUT2D eigenvalue weighted by molar-refractivity contribution is 7.09. The lowest BCUT2D eigenvalue weighted by Gasteiger charge is -2.11. The summed E-state index contributed by atoms with van der Waals surface area (Å²) in [5.74, 6) is 0.765. The Morgan fingerprint density at radius 2 is 2.00 bits per heavy atom. The second-order valence-electron chi connectivity index (χ2n) is 6.51. The number of carbonyl (C=O) groups is 2. The van der Waals surface area contributed by atoms with E-state index in [4.69, 9.17) is 9.47 Å². The van der Waals surface area contributed by atoms with Crippen molar-refractivity contribution in [3.05, 3.63) is 69.2 Å². The van der Waals surface area contributed by atoms with Crippen LogP contribution >= 0.6 is 11.3 Å². The van der Waals surface area contributed by atoms with Crippen molar-refractivity contribution in [1.82, 2.24) is 4.57 Å². The van der Waals surface area contributed by atoms with Crippen molar-refractivity contribution in [3.63, 3.8) is 0 Å². The molecule has 1 aromatic carbocycles. The van der Waals surface area contributed by atoms with Crippen LogP contribution in [0.15, 0.2) is 41.8 Å². The minimum absolute atomic E-state index is 0.103. The maximum atomic E-state index is 12.7. The van der Waals surface area contributed by atoms with Crippen molar-refractivity contribution in [2.24, 2.45) is 0 Å². The van der Waals surface area contributed by atoms with Crippen molar-refractivity contribution < 1.29 is 19.1 Å². The fourth-order valence-electron chi connectivity index (χ4n) is 3.20. The fourth-order valence-corrected chi connectivity index (χ4v) is 3.90. The van der Waals surface area contributed by atoms with E-state index in [1.165, 1.54) is 12.0 Å². The van der Waals surface area contributed by atoms with E-state index in [1.807, 2.05) is 19.9 Å². The first-order chi connectivity index (χ1) is 13.5. The van der Waals surface area contributed by atoms with Crippen LogP contribution in [0, 0.1) is 13.8 Å². The minimum atomic E-state index is -0.117. The van der Waals surface area contributed by atoms with Crippen molar-refractivity contribution in [2.75, 3.05) is 13.7 Å². The maximum absolute atomic E-state index is 12.7. The summed E-state index contributed by atoms with van der Waals surface area (Å²) in [4.78, 5) is 25.1. The third-order valence-corrected chi connectivity index (χ3v) is 5.65. The van der Waals surface area contributed by atoms with Crippen LogP contribution in [0.5, 0.6) is 11.5 Å². The van der Waals surface area contributed by atoms with Gasteiger partial charge in [0.05, 0.1) is 7.11 Å². The molecule has 28 heavy (non-hydrogen) atoms. The highest BCUT2D eigenvalue weighted by Gasteiger charge is 2.17. The van der Waals surface area contributed by atoms with E-state index in [-0.39, 0.29) is 12.4 Å². The van der Waals surface area contributed by atoms with Crippen LogP contribution < -0.4 is 9.47 Å². The molecule has 0 spiro atoms. The van der Waals surface area contributed by atoms with Crippen LogP contribution in [-0.4, -0.2) is 30.4 Å². The lowest BCUT2D eigenvalue weighted by Crippen LogP contribution is -2.13. The molecular formula is C22H23NO4S. The van der Waals surface area contributed by atoms with Crippen LogP contribution in [0.4, 0.5) is 0 Å². The number of aryl methyl sites for hydroxylation is 2. The number of nitrogens with zero attached hydrogens (tertiary/aromatic N) is 1. The second-order valence-corrected chi connectivity index (χ2v) is 7.54. The molecule has 3 rings (SSSR count). The number of aldehydes is 1. The first kappa shape index (κ1) is 19.9. The Labute approximate surface area is 168 Å². The normalized spacial score (nSPS) is 10.7. The summed E-state index contributed by atoms with van der Waals surface area (Å²) in [6.07, 6.45) is 1.67. The van der Waals surface area contributed by atoms with Gasteiger partial charge in [-0.3, -0.25) is 9.59 Å². The van der Waals surface area contributed by atoms with Crippen molar-refractivity contribution in [1.29, 1.82) is 0 Å². The zero-order valence-electron chi connectivity index (χ0n) is 16.2. The van der Waals surface area contributed by atoms with Crippen LogP contribution in [0.1, 0.15) is 37.0 Å². The summed E-state index contributed by atoms with van der Waals surface area (Å²) in [7, 11) is 1.52.